The predicted octanol–water partition coefficient (Wildman–Crippen LogP) is 5.31. The van der Waals surface area contributed by atoms with Crippen LogP contribution < -0.4 is 10.4 Å². The first-order valence-corrected chi connectivity index (χ1v) is 12.9. The van der Waals surface area contributed by atoms with Crippen molar-refractivity contribution < 1.29 is 19.5 Å². The van der Waals surface area contributed by atoms with Crippen LogP contribution in [-0.4, -0.2) is 24.2 Å². The number of rotatable bonds is 10. The van der Waals surface area contributed by atoms with Crippen LogP contribution in [0.2, 0.25) is 0 Å². The van der Waals surface area contributed by atoms with Gasteiger partial charge in [-0.3, -0.25) is 9.59 Å². The first kappa shape index (κ1) is 26.8. The van der Waals surface area contributed by atoms with Gasteiger partial charge in [-0.15, -0.1) is 0 Å². The summed E-state index contributed by atoms with van der Waals surface area (Å²) in [7, 11) is 0. The maximum atomic E-state index is 13.3. The number of carbonyl (C=O) groups is 3. The molecule has 1 N–H and O–H groups in total. The van der Waals surface area contributed by atoms with Crippen molar-refractivity contribution in [3.05, 3.63) is 117 Å². The Morgan fingerprint density at radius 3 is 1.95 bits per heavy atom. The molecular weight excluding hydrogens is 474 g/mol. The van der Waals surface area contributed by atoms with E-state index in [9.17, 15) is 19.5 Å². The van der Waals surface area contributed by atoms with Gasteiger partial charge in [-0.25, -0.2) is 0 Å². The van der Waals surface area contributed by atoms with Gasteiger partial charge in [0.25, 0.3) is 5.91 Å². The SMILES string of the molecule is Cc1cccc(CCCC(=O)c2ccc(C(=O)NCCc3cccc(C)c3)c3c(C)ccc(C(=O)[O-])c23)c1. The van der Waals surface area contributed by atoms with Crippen LogP contribution in [0.25, 0.3) is 10.8 Å². The highest BCUT2D eigenvalue weighted by Gasteiger charge is 2.20. The van der Waals surface area contributed by atoms with Crippen LogP contribution in [0.5, 0.6) is 0 Å². The minimum Gasteiger partial charge on any atom is -0.545 e. The Morgan fingerprint density at radius 1 is 0.711 bits per heavy atom. The molecule has 0 radical (unpaired) electrons. The Labute approximate surface area is 223 Å². The smallest absolute Gasteiger partial charge is 0.251 e. The number of amides is 1. The fourth-order valence-electron chi connectivity index (χ4n) is 5.00. The highest BCUT2D eigenvalue weighted by atomic mass is 16.4. The molecule has 0 unspecified atom stereocenters. The second-order valence-electron chi connectivity index (χ2n) is 9.89. The van der Waals surface area contributed by atoms with Crippen LogP contribution in [0.4, 0.5) is 0 Å². The number of nitrogens with one attached hydrogen (secondary N) is 1. The average Bonchev–Trinajstić information content (AvgIpc) is 2.88. The molecule has 0 aliphatic carbocycles. The van der Waals surface area contributed by atoms with Crippen molar-refractivity contribution in [2.45, 2.75) is 46.5 Å². The quantitative estimate of drug-likeness (QED) is 0.296. The Morgan fingerprint density at radius 2 is 1.32 bits per heavy atom. The lowest BCUT2D eigenvalue weighted by molar-refractivity contribution is -0.254. The zero-order chi connectivity index (χ0) is 27.2. The van der Waals surface area contributed by atoms with Gasteiger partial charge in [-0.1, -0.05) is 71.8 Å². The van der Waals surface area contributed by atoms with Gasteiger partial charge >= 0.3 is 0 Å². The van der Waals surface area contributed by atoms with Gasteiger partial charge in [0, 0.05) is 35.0 Å². The summed E-state index contributed by atoms with van der Waals surface area (Å²) in [5, 5.41) is 15.8. The Hall–Kier alpha value is -4.25. The largest absolute Gasteiger partial charge is 0.545 e. The number of benzene rings is 4. The molecule has 194 valence electrons. The van der Waals surface area contributed by atoms with Crippen LogP contribution in [0.1, 0.15) is 71.7 Å². The lowest BCUT2D eigenvalue weighted by Gasteiger charge is -2.17. The zero-order valence-electron chi connectivity index (χ0n) is 22.1. The van der Waals surface area contributed by atoms with Crippen LogP contribution in [0.3, 0.4) is 0 Å². The van der Waals surface area contributed by atoms with Crippen LogP contribution in [0, 0.1) is 20.8 Å². The fourth-order valence-corrected chi connectivity index (χ4v) is 5.00. The number of Topliss-reactive ketones (excluding diaryl/α,β-unsaturated/α-hetero) is 1. The number of hydrogen-bond donors (Lipinski definition) is 1. The molecule has 0 aromatic heterocycles. The number of carbonyl (C=O) groups excluding carboxylic acids is 3. The minimum atomic E-state index is -1.37. The third-order valence-corrected chi connectivity index (χ3v) is 6.87. The number of ketones is 1. The van der Waals surface area contributed by atoms with E-state index in [-0.39, 0.29) is 29.1 Å². The summed E-state index contributed by atoms with van der Waals surface area (Å²) in [6, 6.07) is 22.6. The van der Waals surface area contributed by atoms with E-state index >= 15 is 0 Å². The van der Waals surface area contributed by atoms with Crippen molar-refractivity contribution >= 4 is 28.4 Å². The molecule has 0 aliphatic heterocycles. The van der Waals surface area contributed by atoms with Crippen molar-refractivity contribution in [2.24, 2.45) is 0 Å². The van der Waals surface area contributed by atoms with E-state index < -0.39 is 5.97 Å². The number of fused-ring (bicyclic) bond motifs is 1. The summed E-state index contributed by atoms with van der Waals surface area (Å²) in [6.07, 6.45) is 2.33. The number of carboxylic acids is 1. The van der Waals surface area contributed by atoms with E-state index in [4.69, 9.17) is 0 Å². The lowest BCUT2D eigenvalue weighted by atomic mass is 9.89. The number of carboxylic acid groups (broad SMARTS) is 1. The van der Waals surface area contributed by atoms with Crippen molar-refractivity contribution in [1.82, 2.24) is 5.32 Å². The van der Waals surface area contributed by atoms with Gasteiger partial charge in [0.15, 0.2) is 5.78 Å². The van der Waals surface area contributed by atoms with E-state index in [2.05, 4.69) is 17.4 Å². The third-order valence-electron chi connectivity index (χ3n) is 6.87. The monoisotopic (exact) mass is 506 g/mol. The number of aromatic carboxylic acids is 1. The van der Waals surface area contributed by atoms with Crippen LogP contribution >= 0.6 is 0 Å². The highest BCUT2D eigenvalue weighted by molar-refractivity contribution is 6.20. The molecule has 0 aliphatic rings. The summed E-state index contributed by atoms with van der Waals surface area (Å²) in [4.78, 5) is 38.6. The highest BCUT2D eigenvalue weighted by Crippen LogP contribution is 2.31. The first-order chi connectivity index (χ1) is 18.2. The van der Waals surface area contributed by atoms with Crippen molar-refractivity contribution in [3.63, 3.8) is 0 Å². The molecule has 0 saturated heterocycles. The van der Waals surface area contributed by atoms with Crippen molar-refractivity contribution in [1.29, 1.82) is 0 Å². The molecule has 0 spiro atoms. The molecule has 4 aromatic rings. The van der Waals surface area contributed by atoms with Gasteiger partial charge in [0.05, 0.1) is 5.97 Å². The maximum Gasteiger partial charge on any atom is 0.251 e. The minimum absolute atomic E-state index is 0.0814. The fraction of sp³-hybridized carbons (Fsp3) is 0.242. The predicted molar refractivity (Wildman–Crippen MR) is 149 cm³/mol. The normalized spacial score (nSPS) is 10.9. The Bertz CT molecular complexity index is 1520. The summed E-state index contributed by atoms with van der Waals surface area (Å²) in [5.74, 6) is -1.83. The molecule has 0 heterocycles. The molecule has 0 fully saturated rings. The van der Waals surface area contributed by atoms with Gasteiger partial charge in [0.1, 0.15) is 0 Å². The second-order valence-corrected chi connectivity index (χ2v) is 9.89. The molecule has 0 atom stereocenters. The molecule has 4 aromatic carbocycles. The van der Waals surface area contributed by atoms with Crippen molar-refractivity contribution in [3.8, 4) is 0 Å². The average molecular weight is 507 g/mol. The van der Waals surface area contributed by atoms with Gasteiger partial charge in [-0.2, -0.15) is 0 Å². The second kappa shape index (κ2) is 11.9. The van der Waals surface area contributed by atoms with Crippen LogP contribution in [0.15, 0.2) is 72.8 Å². The standard InChI is InChI=1S/C33H33NO4/c1-21-7-4-9-24(19-21)11-6-12-29(35)26-15-16-27(30-23(3)13-14-28(31(26)30)33(37)38)32(36)34-18-17-25-10-5-8-22(2)20-25/h4-5,7-10,13-16,19-20H,6,11-12,17-18H2,1-3H3,(H,34,36)(H,37,38)/p-1. The van der Waals surface area contributed by atoms with Gasteiger partial charge < -0.3 is 15.2 Å². The summed E-state index contributed by atoms with van der Waals surface area (Å²) < 4.78 is 0. The van der Waals surface area contributed by atoms with E-state index in [0.717, 1.165) is 28.7 Å². The van der Waals surface area contributed by atoms with Gasteiger partial charge in [-0.05, 0) is 74.2 Å². The van der Waals surface area contributed by atoms with E-state index in [1.54, 1.807) is 18.2 Å². The molecule has 5 heteroatoms. The molecule has 4 rings (SSSR count). The molecule has 5 nitrogen and oxygen atoms in total. The lowest BCUT2D eigenvalue weighted by Crippen LogP contribution is -2.27. The van der Waals surface area contributed by atoms with E-state index in [0.29, 0.717) is 35.9 Å². The zero-order valence-corrected chi connectivity index (χ0v) is 22.1. The topological polar surface area (TPSA) is 86.3 Å². The van der Waals surface area contributed by atoms with Crippen molar-refractivity contribution in [2.75, 3.05) is 6.54 Å². The Kier molecular flexibility index (Phi) is 8.37. The van der Waals surface area contributed by atoms with Crippen LogP contribution in [-0.2, 0) is 12.8 Å². The van der Waals surface area contributed by atoms with E-state index in [1.807, 2.05) is 57.2 Å². The Balaban J connectivity index is 1.60. The van der Waals surface area contributed by atoms with Gasteiger partial charge in [0.2, 0.25) is 0 Å². The molecule has 1 amide bonds. The van der Waals surface area contributed by atoms with E-state index in [1.165, 1.54) is 11.6 Å². The number of hydrogen-bond acceptors (Lipinski definition) is 4. The molecule has 0 bridgehead atoms. The third kappa shape index (κ3) is 6.17. The maximum absolute atomic E-state index is 13.3. The molecule has 0 saturated carbocycles. The first-order valence-electron chi connectivity index (χ1n) is 12.9. The summed E-state index contributed by atoms with van der Waals surface area (Å²) in [6.45, 7) is 6.31. The molecule has 38 heavy (non-hydrogen) atoms. The summed E-state index contributed by atoms with van der Waals surface area (Å²) >= 11 is 0. The summed E-state index contributed by atoms with van der Waals surface area (Å²) in [5.41, 5.74) is 5.91. The number of aryl methyl sites for hydroxylation is 4. The molecular formula is C33H32NO4-.